The van der Waals surface area contributed by atoms with Crippen molar-refractivity contribution in [1.82, 2.24) is 15.0 Å². The highest BCUT2D eigenvalue weighted by molar-refractivity contribution is 5.46. The van der Waals surface area contributed by atoms with Gasteiger partial charge in [0, 0.05) is 31.5 Å². The van der Waals surface area contributed by atoms with E-state index in [0.717, 1.165) is 24.7 Å². The maximum atomic E-state index is 4.22. The molecule has 0 spiro atoms. The van der Waals surface area contributed by atoms with Crippen LogP contribution in [0.25, 0.3) is 0 Å². The van der Waals surface area contributed by atoms with Crippen molar-refractivity contribution in [2.24, 2.45) is 0 Å². The summed E-state index contributed by atoms with van der Waals surface area (Å²) in [5.74, 6) is 1.70. The fourth-order valence-corrected chi connectivity index (χ4v) is 1.84. The standard InChI is InChI=1S/C15H21N5/c1-2-3-4-7-17-14-10-15(20-12-19-14)18-11-13-5-8-16-9-6-13/h5-6,8-10,12H,2-4,7,11H2,1H3,(H2,17,18,19,20). The Hall–Kier alpha value is -2.17. The molecule has 2 rings (SSSR count). The van der Waals surface area contributed by atoms with Gasteiger partial charge < -0.3 is 10.6 Å². The molecule has 2 heterocycles. The zero-order valence-electron chi connectivity index (χ0n) is 11.8. The van der Waals surface area contributed by atoms with Crippen molar-refractivity contribution in [1.29, 1.82) is 0 Å². The predicted octanol–water partition coefficient (Wildman–Crippen LogP) is 3.09. The number of unbranched alkanes of at least 4 members (excludes halogenated alkanes) is 2. The number of hydrogen-bond acceptors (Lipinski definition) is 5. The van der Waals surface area contributed by atoms with Gasteiger partial charge in [0.05, 0.1) is 0 Å². The number of pyridine rings is 1. The summed E-state index contributed by atoms with van der Waals surface area (Å²) < 4.78 is 0. The first-order chi connectivity index (χ1) is 9.88. The lowest BCUT2D eigenvalue weighted by atomic mass is 10.2. The smallest absolute Gasteiger partial charge is 0.131 e. The normalized spacial score (nSPS) is 10.2. The first-order valence-corrected chi connectivity index (χ1v) is 7.07. The van der Waals surface area contributed by atoms with Crippen LogP contribution in [0.3, 0.4) is 0 Å². The van der Waals surface area contributed by atoms with E-state index in [-0.39, 0.29) is 0 Å². The monoisotopic (exact) mass is 271 g/mol. The van der Waals surface area contributed by atoms with Crippen LogP contribution >= 0.6 is 0 Å². The van der Waals surface area contributed by atoms with E-state index in [9.17, 15) is 0 Å². The van der Waals surface area contributed by atoms with Crippen LogP contribution in [0.5, 0.6) is 0 Å². The van der Waals surface area contributed by atoms with Gasteiger partial charge in [-0.3, -0.25) is 4.98 Å². The Balaban J connectivity index is 1.83. The maximum Gasteiger partial charge on any atom is 0.131 e. The molecule has 0 saturated carbocycles. The van der Waals surface area contributed by atoms with E-state index in [0.29, 0.717) is 0 Å². The minimum absolute atomic E-state index is 0.731. The summed E-state index contributed by atoms with van der Waals surface area (Å²) >= 11 is 0. The number of rotatable bonds is 8. The molecule has 0 saturated heterocycles. The van der Waals surface area contributed by atoms with Crippen LogP contribution in [0.1, 0.15) is 31.7 Å². The molecular weight excluding hydrogens is 250 g/mol. The third kappa shape index (κ3) is 4.84. The maximum absolute atomic E-state index is 4.22. The fraction of sp³-hybridized carbons (Fsp3) is 0.400. The minimum Gasteiger partial charge on any atom is -0.370 e. The van der Waals surface area contributed by atoms with Crippen molar-refractivity contribution in [3.05, 3.63) is 42.5 Å². The molecule has 0 atom stereocenters. The molecule has 0 amide bonds. The Morgan fingerprint density at radius 2 is 1.75 bits per heavy atom. The predicted molar refractivity (Wildman–Crippen MR) is 81.6 cm³/mol. The molecule has 0 aromatic carbocycles. The van der Waals surface area contributed by atoms with Crippen molar-refractivity contribution in [2.75, 3.05) is 17.2 Å². The highest BCUT2D eigenvalue weighted by atomic mass is 15.1. The molecular formula is C15H21N5. The third-order valence-electron chi connectivity index (χ3n) is 2.98. The average Bonchev–Trinajstić information content (AvgIpc) is 2.51. The average molecular weight is 271 g/mol. The largest absolute Gasteiger partial charge is 0.370 e. The minimum atomic E-state index is 0.731. The summed E-state index contributed by atoms with van der Waals surface area (Å²) in [6, 6.07) is 5.91. The molecule has 2 N–H and O–H groups in total. The Morgan fingerprint density at radius 1 is 1.00 bits per heavy atom. The van der Waals surface area contributed by atoms with Crippen molar-refractivity contribution < 1.29 is 0 Å². The van der Waals surface area contributed by atoms with E-state index in [1.54, 1.807) is 18.7 Å². The van der Waals surface area contributed by atoms with Gasteiger partial charge in [-0.2, -0.15) is 0 Å². The van der Waals surface area contributed by atoms with Crippen LogP contribution in [0, 0.1) is 0 Å². The molecule has 0 aliphatic carbocycles. The molecule has 0 radical (unpaired) electrons. The molecule has 0 bridgehead atoms. The van der Waals surface area contributed by atoms with Crippen LogP contribution in [0.4, 0.5) is 11.6 Å². The lowest BCUT2D eigenvalue weighted by Crippen LogP contribution is -2.06. The molecule has 2 aromatic heterocycles. The van der Waals surface area contributed by atoms with Crippen molar-refractivity contribution in [3.8, 4) is 0 Å². The van der Waals surface area contributed by atoms with E-state index in [1.807, 2.05) is 18.2 Å². The summed E-state index contributed by atoms with van der Waals surface area (Å²) in [5.41, 5.74) is 1.18. The number of aromatic nitrogens is 3. The summed E-state index contributed by atoms with van der Waals surface area (Å²) in [5, 5.41) is 6.60. The lowest BCUT2D eigenvalue weighted by Gasteiger charge is -2.08. The summed E-state index contributed by atoms with van der Waals surface area (Å²) in [7, 11) is 0. The molecule has 5 nitrogen and oxygen atoms in total. The molecule has 5 heteroatoms. The van der Waals surface area contributed by atoms with Crippen LogP contribution in [0.2, 0.25) is 0 Å². The first kappa shape index (κ1) is 14.2. The highest BCUT2D eigenvalue weighted by Crippen LogP contribution is 2.10. The number of hydrogen-bond donors (Lipinski definition) is 2. The van der Waals surface area contributed by atoms with Gasteiger partial charge in [0.15, 0.2) is 0 Å². The quantitative estimate of drug-likeness (QED) is 0.722. The van der Waals surface area contributed by atoms with Gasteiger partial charge in [-0.25, -0.2) is 9.97 Å². The van der Waals surface area contributed by atoms with Gasteiger partial charge in [0.1, 0.15) is 18.0 Å². The van der Waals surface area contributed by atoms with Crippen LogP contribution in [-0.2, 0) is 6.54 Å². The van der Waals surface area contributed by atoms with Gasteiger partial charge in [-0.1, -0.05) is 19.8 Å². The second kappa shape index (κ2) is 8.09. The van der Waals surface area contributed by atoms with Gasteiger partial charge >= 0.3 is 0 Å². The van der Waals surface area contributed by atoms with Crippen LogP contribution in [0.15, 0.2) is 36.9 Å². The van der Waals surface area contributed by atoms with Crippen molar-refractivity contribution in [3.63, 3.8) is 0 Å². The van der Waals surface area contributed by atoms with E-state index in [2.05, 4.69) is 32.5 Å². The van der Waals surface area contributed by atoms with Crippen molar-refractivity contribution in [2.45, 2.75) is 32.7 Å². The molecule has 0 unspecified atom stereocenters. The second-order valence-electron chi connectivity index (χ2n) is 4.63. The summed E-state index contributed by atoms with van der Waals surface area (Å²) in [4.78, 5) is 12.4. The molecule has 0 fully saturated rings. The Bertz CT molecular complexity index is 501. The Labute approximate surface area is 119 Å². The van der Waals surface area contributed by atoms with Gasteiger partial charge in [0.2, 0.25) is 0 Å². The van der Waals surface area contributed by atoms with Gasteiger partial charge in [-0.05, 0) is 24.1 Å². The molecule has 2 aromatic rings. The summed E-state index contributed by atoms with van der Waals surface area (Å²) in [6.07, 6.45) is 8.79. The second-order valence-corrected chi connectivity index (χ2v) is 4.63. The van der Waals surface area contributed by atoms with E-state index < -0.39 is 0 Å². The SMILES string of the molecule is CCCCCNc1cc(NCc2ccncc2)ncn1. The van der Waals surface area contributed by atoms with E-state index in [1.165, 1.54) is 24.8 Å². The van der Waals surface area contributed by atoms with Gasteiger partial charge in [0.25, 0.3) is 0 Å². The Morgan fingerprint density at radius 3 is 2.50 bits per heavy atom. The highest BCUT2D eigenvalue weighted by Gasteiger charge is 1.98. The zero-order valence-corrected chi connectivity index (χ0v) is 11.8. The van der Waals surface area contributed by atoms with Gasteiger partial charge in [-0.15, -0.1) is 0 Å². The number of anilines is 2. The number of nitrogens with zero attached hydrogens (tertiary/aromatic N) is 3. The van der Waals surface area contributed by atoms with Crippen LogP contribution < -0.4 is 10.6 Å². The lowest BCUT2D eigenvalue weighted by molar-refractivity contribution is 0.742. The van der Waals surface area contributed by atoms with Crippen LogP contribution in [-0.4, -0.2) is 21.5 Å². The fourth-order valence-electron chi connectivity index (χ4n) is 1.84. The Kier molecular flexibility index (Phi) is 5.76. The molecule has 106 valence electrons. The third-order valence-corrected chi connectivity index (χ3v) is 2.98. The topological polar surface area (TPSA) is 62.7 Å². The van der Waals surface area contributed by atoms with Crippen molar-refractivity contribution >= 4 is 11.6 Å². The molecule has 20 heavy (non-hydrogen) atoms. The molecule has 0 aliphatic rings. The zero-order chi connectivity index (χ0) is 14.0. The first-order valence-electron chi connectivity index (χ1n) is 7.07. The number of nitrogens with one attached hydrogen (secondary N) is 2. The summed E-state index contributed by atoms with van der Waals surface area (Å²) in [6.45, 7) is 3.88. The molecule has 0 aliphatic heterocycles. The van der Waals surface area contributed by atoms with E-state index in [4.69, 9.17) is 0 Å². The van der Waals surface area contributed by atoms with E-state index >= 15 is 0 Å².